The van der Waals surface area contributed by atoms with Gasteiger partial charge in [0.15, 0.2) is 0 Å². The van der Waals surface area contributed by atoms with Gasteiger partial charge >= 0.3 is 5.97 Å². The first-order valence-electron chi connectivity index (χ1n) is 10.5. The van der Waals surface area contributed by atoms with Crippen molar-refractivity contribution in [3.63, 3.8) is 0 Å². The number of ether oxygens (including phenoxy) is 2. The predicted octanol–water partition coefficient (Wildman–Crippen LogP) is 6.63. The number of hydrogen-bond acceptors (Lipinski definition) is 5. The van der Waals surface area contributed by atoms with Crippen LogP contribution in [-0.4, -0.2) is 25.1 Å². The molecular weight excluding hydrogens is 502 g/mol. The van der Waals surface area contributed by atoms with Gasteiger partial charge < -0.3 is 14.8 Å². The molecular formula is C23H27BrClNO4S. The van der Waals surface area contributed by atoms with Crippen molar-refractivity contribution in [2.24, 2.45) is 0 Å². The molecule has 5 nitrogen and oxygen atoms in total. The van der Waals surface area contributed by atoms with Gasteiger partial charge in [-0.2, -0.15) is 0 Å². The topological polar surface area (TPSA) is 64.6 Å². The molecule has 0 unspecified atom stereocenters. The summed E-state index contributed by atoms with van der Waals surface area (Å²) in [4.78, 5) is 26.2. The summed E-state index contributed by atoms with van der Waals surface area (Å²) in [6.07, 6.45) is 4.83. The van der Waals surface area contributed by atoms with Gasteiger partial charge in [0.1, 0.15) is 10.8 Å². The number of carbonyl (C=O) groups is 2. The third kappa shape index (κ3) is 5.62. The van der Waals surface area contributed by atoms with Crippen LogP contribution in [0.4, 0.5) is 5.00 Å². The van der Waals surface area contributed by atoms with Gasteiger partial charge in [-0.3, -0.25) is 4.79 Å². The summed E-state index contributed by atoms with van der Waals surface area (Å²) >= 11 is 11.3. The smallest absolute Gasteiger partial charge is 0.341 e. The van der Waals surface area contributed by atoms with Crippen LogP contribution >= 0.6 is 38.9 Å². The normalized spacial score (nSPS) is 12.9. The Hall–Kier alpha value is -1.57. The lowest BCUT2D eigenvalue weighted by molar-refractivity contribution is -0.116. The number of esters is 1. The Morgan fingerprint density at radius 2 is 2.00 bits per heavy atom. The molecule has 1 aliphatic carbocycles. The summed E-state index contributed by atoms with van der Waals surface area (Å²) in [6, 6.07) is 1.89. The van der Waals surface area contributed by atoms with Gasteiger partial charge in [0.05, 0.1) is 23.2 Å². The number of hydrogen-bond donors (Lipinski definition) is 1. The third-order valence-corrected chi connectivity index (χ3v) is 8.05. The molecule has 3 rings (SSSR count). The standard InChI is InChI=1S/C23H27BrClNO4S/c1-4-29-23(28)19-15-8-5-6-9-17(15)31-22(19)26-18(27)10-7-11-30-16-12-13(2)21(25)14(3)20(16)24/h12H,4-11H2,1-3H3,(H,26,27). The van der Waals surface area contributed by atoms with E-state index >= 15 is 0 Å². The van der Waals surface area contributed by atoms with Crippen LogP contribution in [0.3, 0.4) is 0 Å². The van der Waals surface area contributed by atoms with E-state index in [2.05, 4.69) is 21.2 Å². The molecule has 1 aliphatic rings. The second-order valence-electron chi connectivity index (χ2n) is 7.58. The number of nitrogens with one attached hydrogen (secondary N) is 1. The number of fused-ring (bicyclic) bond motifs is 1. The highest BCUT2D eigenvalue weighted by Crippen LogP contribution is 2.39. The maximum absolute atomic E-state index is 12.6. The van der Waals surface area contributed by atoms with E-state index in [0.717, 1.165) is 57.6 Å². The van der Waals surface area contributed by atoms with Crippen LogP contribution < -0.4 is 10.1 Å². The van der Waals surface area contributed by atoms with E-state index < -0.39 is 0 Å². The zero-order valence-corrected chi connectivity index (χ0v) is 21.2. The molecule has 1 aromatic heterocycles. The van der Waals surface area contributed by atoms with Gasteiger partial charge in [-0.25, -0.2) is 4.79 Å². The lowest BCUT2D eigenvalue weighted by atomic mass is 9.95. The van der Waals surface area contributed by atoms with Crippen LogP contribution in [0.2, 0.25) is 5.02 Å². The fraction of sp³-hybridized carbons (Fsp3) is 0.478. The average Bonchev–Trinajstić information content (AvgIpc) is 3.11. The van der Waals surface area contributed by atoms with E-state index in [0.29, 0.717) is 36.6 Å². The van der Waals surface area contributed by atoms with Crippen molar-refractivity contribution in [3.05, 3.63) is 42.7 Å². The number of thiophene rings is 1. The predicted molar refractivity (Wildman–Crippen MR) is 129 cm³/mol. The van der Waals surface area contributed by atoms with Crippen molar-refractivity contribution in [1.82, 2.24) is 0 Å². The first-order valence-corrected chi connectivity index (χ1v) is 12.5. The van der Waals surface area contributed by atoms with E-state index in [1.165, 1.54) is 16.2 Å². The maximum atomic E-state index is 12.6. The van der Waals surface area contributed by atoms with Crippen LogP contribution in [0.1, 0.15) is 64.5 Å². The summed E-state index contributed by atoms with van der Waals surface area (Å²) in [6.45, 7) is 6.37. The molecule has 8 heteroatoms. The summed E-state index contributed by atoms with van der Waals surface area (Å²) < 4.78 is 11.9. The van der Waals surface area contributed by atoms with E-state index in [1.807, 2.05) is 19.9 Å². The van der Waals surface area contributed by atoms with E-state index in [1.54, 1.807) is 6.92 Å². The Balaban J connectivity index is 1.59. The summed E-state index contributed by atoms with van der Waals surface area (Å²) in [5, 5.41) is 4.27. The van der Waals surface area contributed by atoms with E-state index in [-0.39, 0.29) is 11.9 Å². The molecule has 0 aliphatic heterocycles. The number of aryl methyl sites for hydroxylation is 2. The molecule has 2 aromatic rings. The maximum Gasteiger partial charge on any atom is 0.341 e. The molecule has 0 atom stereocenters. The third-order valence-electron chi connectivity index (χ3n) is 5.28. The second kappa shape index (κ2) is 10.8. The van der Waals surface area contributed by atoms with Crippen molar-refractivity contribution in [2.45, 2.75) is 59.3 Å². The molecule has 0 saturated carbocycles. The van der Waals surface area contributed by atoms with Crippen LogP contribution in [0, 0.1) is 13.8 Å². The number of rotatable bonds is 8. The molecule has 31 heavy (non-hydrogen) atoms. The Kier molecular flexibility index (Phi) is 8.42. The molecule has 0 saturated heterocycles. The van der Waals surface area contributed by atoms with Crippen LogP contribution in [-0.2, 0) is 22.4 Å². The minimum atomic E-state index is -0.348. The number of amides is 1. The summed E-state index contributed by atoms with van der Waals surface area (Å²) in [5.74, 6) is 0.240. The zero-order chi connectivity index (χ0) is 22.5. The number of halogens is 2. The molecule has 0 bridgehead atoms. The van der Waals surface area contributed by atoms with E-state index in [9.17, 15) is 9.59 Å². The van der Waals surface area contributed by atoms with Crippen molar-refractivity contribution in [1.29, 1.82) is 0 Å². The van der Waals surface area contributed by atoms with Crippen LogP contribution in [0.25, 0.3) is 0 Å². The van der Waals surface area contributed by atoms with Gasteiger partial charge in [0.2, 0.25) is 5.91 Å². The Labute approximate surface area is 200 Å². The largest absolute Gasteiger partial charge is 0.492 e. The zero-order valence-electron chi connectivity index (χ0n) is 18.0. The highest BCUT2D eigenvalue weighted by molar-refractivity contribution is 9.10. The Morgan fingerprint density at radius 1 is 1.26 bits per heavy atom. The Morgan fingerprint density at radius 3 is 2.74 bits per heavy atom. The molecule has 1 heterocycles. The van der Waals surface area contributed by atoms with Crippen LogP contribution in [0.5, 0.6) is 5.75 Å². The number of anilines is 1. The monoisotopic (exact) mass is 527 g/mol. The molecule has 168 valence electrons. The van der Waals surface area contributed by atoms with E-state index in [4.69, 9.17) is 21.1 Å². The van der Waals surface area contributed by atoms with Crippen molar-refractivity contribution < 1.29 is 19.1 Å². The fourth-order valence-corrected chi connectivity index (χ4v) is 5.67. The second-order valence-corrected chi connectivity index (χ2v) is 9.86. The number of carbonyl (C=O) groups excluding carboxylic acids is 2. The lowest BCUT2D eigenvalue weighted by Gasteiger charge is -2.13. The van der Waals surface area contributed by atoms with Gasteiger partial charge in [-0.15, -0.1) is 11.3 Å². The van der Waals surface area contributed by atoms with Gasteiger partial charge in [-0.1, -0.05) is 11.6 Å². The van der Waals surface area contributed by atoms with Crippen molar-refractivity contribution in [2.75, 3.05) is 18.5 Å². The first-order chi connectivity index (χ1) is 14.8. The highest BCUT2D eigenvalue weighted by Gasteiger charge is 2.27. The minimum absolute atomic E-state index is 0.129. The van der Waals surface area contributed by atoms with Gasteiger partial charge in [-0.05, 0) is 91.6 Å². The quantitative estimate of drug-likeness (QED) is 0.308. The summed E-state index contributed by atoms with van der Waals surface area (Å²) in [7, 11) is 0. The molecule has 1 amide bonds. The first kappa shape index (κ1) is 24.1. The lowest BCUT2D eigenvalue weighted by Crippen LogP contribution is -2.16. The Bertz CT molecular complexity index is 989. The highest BCUT2D eigenvalue weighted by atomic mass is 79.9. The summed E-state index contributed by atoms with van der Waals surface area (Å²) in [5.41, 5.74) is 3.47. The number of benzene rings is 1. The van der Waals surface area contributed by atoms with Gasteiger partial charge in [0.25, 0.3) is 0 Å². The van der Waals surface area contributed by atoms with Crippen molar-refractivity contribution in [3.8, 4) is 5.75 Å². The van der Waals surface area contributed by atoms with Gasteiger partial charge in [0, 0.05) is 16.3 Å². The molecule has 1 aromatic carbocycles. The molecule has 1 N–H and O–H groups in total. The average molecular weight is 529 g/mol. The minimum Gasteiger partial charge on any atom is -0.492 e. The SMILES string of the molecule is CCOC(=O)c1c(NC(=O)CCCOc2cc(C)c(Cl)c(C)c2Br)sc2c1CCCC2. The molecule has 0 spiro atoms. The molecule has 0 radical (unpaired) electrons. The molecule has 0 fully saturated rings. The van der Waals surface area contributed by atoms with Crippen molar-refractivity contribution >= 4 is 55.7 Å². The fourth-order valence-electron chi connectivity index (χ4n) is 3.68. The van der Waals surface area contributed by atoms with Crippen LogP contribution in [0.15, 0.2) is 10.5 Å².